The van der Waals surface area contributed by atoms with Crippen molar-refractivity contribution in [1.82, 2.24) is 4.98 Å². The van der Waals surface area contributed by atoms with Crippen molar-refractivity contribution in [3.63, 3.8) is 0 Å². The van der Waals surface area contributed by atoms with Crippen LogP contribution in [0.3, 0.4) is 0 Å². The van der Waals surface area contributed by atoms with Crippen LogP contribution in [-0.2, 0) is 0 Å². The molecular formula is C12H12FN3O. The summed E-state index contributed by atoms with van der Waals surface area (Å²) in [5.41, 5.74) is 7.04. The number of amidine groups is 1. The van der Waals surface area contributed by atoms with E-state index < -0.39 is 6.17 Å². The van der Waals surface area contributed by atoms with Crippen LogP contribution in [-0.4, -0.2) is 22.2 Å². The first-order chi connectivity index (χ1) is 8.22. The molecule has 1 atom stereocenters. The number of oxime groups is 1. The fourth-order valence-corrected chi connectivity index (χ4v) is 1.68. The van der Waals surface area contributed by atoms with E-state index >= 15 is 0 Å². The van der Waals surface area contributed by atoms with Gasteiger partial charge in [0.2, 0.25) is 0 Å². The molecule has 0 aromatic carbocycles. The molecule has 3 N–H and O–H groups in total. The molecule has 0 saturated heterocycles. The van der Waals surface area contributed by atoms with Crippen LogP contribution in [0.5, 0.6) is 0 Å². The maximum Gasteiger partial charge on any atom is 0.188 e. The second-order valence-electron chi connectivity index (χ2n) is 3.67. The summed E-state index contributed by atoms with van der Waals surface area (Å²) in [4.78, 5) is 3.95. The average Bonchev–Trinajstić information content (AvgIpc) is 2.38. The van der Waals surface area contributed by atoms with Gasteiger partial charge in [0.25, 0.3) is 0 Å². The normalized spacial score (nSPS) is 20.2. The van der Waals surface area contributed by atoms with Crippen molar-refractivity contribution < 1.29 is 9.60 Å². The molecule has 4 nitrogen and oxygen atoms in total. The zero-order valence-corrected chi connectivity index (χ0v) is 9.05. The highest BCUT2D eigenvalue weighted by atomic mass is 19.1. The minimum Gasteiger partial charge on any atom is -0.409 e. The maximum absolute atomic E-state index is 13.7. The zero-order valence-electron chi connectivity index (χ0n) is 9.05. The Labute approximate surface area is 98.0 Å². The van der Waals surface area contributed by atoms with Gasteiger partial charge in [0.1, 0.15) is 11.9 Å². The van der Waals surface area contributed by atoms with Crippen molar-refractivity contribution in [3.05, 3.63) is 47.8 Å². The van der Waals surface area contributed by atoms with Gasteiger partial charge in [-0.1, -0.05) is 23.4 Å². The van der Waals surface area contributed by atoms with Crippen LogP contribution in [0.15, 0.2) is 41.7 Å². The molecule has 1 unspecified atom stereocenters. The number of halogens is 1. The molecule has 0 amide bonds. The van der Waals surface area contributed by atoms with Crippen LogP contribution >= 0.6 is 0 Å². The van der Waals surface area contributed by atoms with Gasteiger partial charge in [0, 0.05) is 12.6 Å². The summed E-state index contributed by atoms with van der Waals surface area (Å²) in [6.07, 6.45) is 6.17. The Morgan fingerprint density at radius 2 is 2.41 bits per heavy atom. The number of allylic oxidation sites excluding steroid dienone is 4. The second-order valence-corrected chi connectivity index (χ2v) is 3.67. The van der Waals surface area contributed by atoms with E-state index in [0.29, 0.717) is 23.3 Å². The van der Waals surface area contributed by atoms with Crippen LogP contribution in [0.25, 0.3) is 5.57 Å². The molecule has 0 spiro atoms. The number of nitrogens with zero attached hydrogens (tertiary/aromatic N) is 2. The maximum atomic E-state index is 13.7. The minimum atomic E-state index is -1.03. The van der Waals surface area contributed by atoms with Crippen molar-refractivity contribution in [3.8, 4) is 0 Å². The molecule has 17 heavy (non-hydrogen) atoms. The number of hydrogen-bond acceptors (Lipinski definition) is 3. The topological polar surface area (TPSA) is 71.5 Å². The molecule has 5 heteroatoms. The molecule has 1 aliphatic carbocycles. The van der Waals surface area contributed by atoms with Crippen molar-refractivity contribution in [2.75, 3.05) is 0 Å². The summed E-state index contributed by atoms with van der Waals surface area (Å²) in [6.45, 7) is 0. The first-order valence-corrected chi connectivity index (χ1v) is 5.17. The summed E-state index contributed by atoms with van der Waals surface area (Å²) in [6, 6.07) is 3.30. The molecule has 0 aliphatic heterocycles. The molecule has 2 rings (SSSR count). The zero-order chi connectivity index (χ0) is 12.3. The lowest BCUT2D eigenvalue weighted by Gasteiger charge is -2.14. The predicted molar refractivity (Wildman–Crippen MR) is 63.4 cm³/mol. The van der Waals surface area contributed by atoms with E-state index in [0.717, 1.165) is 0 Å². The van der Waals surface area contributed by atoms with E-state index in [-0.39, 0.29) is 5.84 Å². The van der Waals surface area contributed by atoms with Gasteiger partial charge in [-0.3, -0.25) is 4.98 Å². The summed E-state index contributed by atoms with van der Waals surface area (Å²) in [5.74, 6) is -0.0887. The van der Waals surface area contributed by atoms with Gasteiger partial charge >= 0.3 is 0 Å². The molecule has 0 radical (unpaired) electrons. The number of hydrogen-bond donors (Lipinski definition) is 2. The summed E-state index contributed by atoms with van der Waals surface area (Å²) in [5, 5.41) is 11.4. The molecule has 88 valence electrons. The Balaban J connectivity index is 2.40. The predicted octanol–water partition coefficient (Wildman–Crippen LogP) is 1.86. The standard InChI is InChI=1S/C12H12FN3O/c13-10-4-2-1-3-9(10)8-5-6-15-11(7-8)12(14)16-17/h1-3,5-7,10,17H,4H2,(H2,14,16). The quantitative estimate of drug-likeness (QED) is 0.354. The molecule has 0 fully saturated rings. The lowest BCUT2D eigenvalue weighted by molar-refractivity contribution is 0.318. The average molecular weight is 233 g/mol. The molecule has 1 aromatic rings. The monoisotopic (exact) mass is 233 g/mol. The number of aromatic nitrogens is 1. The Hall–Kier alpha value is -2.17. The molecular weight excluding hydrogens is 221 g/mol. The Bertz CT molecular complexity index is 508. The van der Waals surface area contributed by atoms with E-state index in [1.807, 2.05) is 6.08 Å². The van der Waals surface area contributed by atoms with Gasteiger partial charge in [-0.25, -0.2) is 4.39 Å². The molecule has 1 heterocycles. The van der Waals surface area contributed by atoms with Crippen molar-refractivity contribution >= 4 is 11.4 Å². The third-order valence-electron chi connectivity index (χ3n) is 2.56. The Morgan fingerprint density at radius 1 is 1.59 bits per heavy atom. The fourth-order valence-electron chi connectivity index (χ4n) is 1.68. The summed E-state index contributed by atoms with van der Waals surface area (Å²) in [7, 11) is 0. The van der Waals surface area contributed by atoms with E-state index in [2.05, 4.69) is 10.1 Å². The highest BCUT2D eigenvalue weighted by molar-refractivity contribution is 5.96. The van der Waals surface area contributed by atoms with Gasteiger partial charge in [-0.15, -0.1) is 0 Å². The largest absolute Gasteiger partial charge is 0.409 e. The van der Waals surface area contributed by atoms with Gasteiger partial charge in [-0.05, 0) is 23.3 Å². The second kappa shape index (κ2) is 4.78. The first-order valence-electron chi connectivity index (χ1n) is 5.17. The molecule has 1 aliphatic rings. The molecule has 1 aromatic heterocycles. The SMILES string of the molecule is N/C(=N\O)c1cc(C2=CC=CCC2F)ccn1. The highest BCUT2D eigenvalue weighted by Crippen LogP contribution is 2.26. The summed E-state index contributed by atoms with van der Waals surface area (Å²) >= 11 is 0. The number of pyridine rings is 1. The molecule has 0 saturated carbocycles. The minimum absolute atomic E-state index is 0.0887. The van der Waals surface area contributed by atoms with Crippen LogP contribution in [0, 0.1) is 0 Å². The van der Waals surface area contributed by atoms with Crippen molar-refractivity contribution in [1.29, 1.82) is 0 Å². The van der Waals surface area contributed by atoms with Gasteiger partial charge < -0.3 is 10.9 Å². The third-order valence-corrected chi connectivity index (χ3v) is 2.56. The van der Waals surface area contributed by atoms with Crippen molar-refractivity contribution in [2.24, 2.45) is 10.9 Å². The smallest absolute Gasteiger partial charge is 0.188 e. The van der Waals surface area contributed by atoms with E-state index in [9.17, 15) is 4.39 Å². The van der Waals surface area contributed by atoms with Gasteiger partial charge in [0.05, 0.1) is 0 Å². The third kappa shape index (κ3) is 2.33. The number of alkyl halides is 1. The summed E-state index contributed by atoms with van der Waals surface area (Å²) < 4.78 is 13.7. The van der Waals surface area contributed by atoms with Crippen LogP contribution in [0.1, 0.15) is 17.7 Å². The highest BCUT2D eigenvalue weighted by Gasteiger charge is 2.16. The lowest BCUT2D eigenvalue weighted by atomic mass is 9.96. The van der Waals surface area contributed by atoms with E-state index in [1.165, 1.54) is 6.20 Å². The van der Waals surface area contributed by atoms with Gasteiger partial charge in [-0.2, -0.15) is 0 Å². The fraction of sp³-hybridized carbons (Fsp3) is 0.167. The Kier molecular flexibility index (Phi) is 3.18. The van der Waals surface area contributed by atoms with Gasteiger partial charge in [0.15, 0.2) is 5.84 Å². The lowest BCUT2D eigenvalue weighted by Crippen LogP contribution is -2.15. The first kappa shape index (κ1) is 11.3. The van der Waals surface area contributed by atoms with Crippen molar-refractivity contribution in [2.45, 2.75) is 12.6 Å². The number of nitrogens with two attached hydrogens (primary N) is 1. The number of rotatable bonds is 2. The van der Waals surface area contributed by atoms with E-state index in [1.54, 1.807) is 24.3 Å². The van der Waals surface area contributed by atoms with Crippen LogP contribution < -0.4 is 5.73 Å². The van der Waals surface area contributed by atoms with Crippen LogP contribution in [0.2, 0.25) is 0 Å². The van der Waals surface area contributed by atoms with E-state index in [4.69, 9.17) is 10.9 Å². The Morgan fingerprint density at radius 3 is 3.12 bits per heavy atom. The molecule has 0 bridgehead atoms. The van der Waals surface area contributed by atoms with Crippen LogP contribution in [0.4, 0.5) is 4.39 Å².